The van der Waals surface area contributed by atoms with Crippen molar-refractivity contribution in [2.45, 2.75) is 52.0 Å². The van der Waals surface area contributed by atoms with Gasteiger partial charge in [0.15, 0.2) is 0 Å². The predicted octanol–water partition coefficient (Wildman–Crippen LogP) is 2.28. The lowest BCUT2D eigenvalue weighted by atomic mass is 10.2. The quantitative estimate of drug-likeness (QED) is 0.906. The Morgan fingerprint density at radius 3 is 2.71 bits per heavy atom. The Balaban J connectivity index is 2.15. The monoisotopic (exact) mass is 304 g/mol. The average molecular weight is 304 g/mol. The fourth-order valence-electron chi connectivity index (χ4n) is 2.56. The normalized spacial score (nSPS) is 15.8. The fraction of sp³-hybridized carbons (Fsp3) is 0.786. The third-order valence-electron chi connectivity index (χ3n) is 4.01. The Morgan fingerprint density at radius 1 is 1.38 bits per heavy atom. The lowest BCUT2D eigenvalue weighted by Crippen LogP contribution is -2.29. The largest absolute Gasteiger partial charge is 0.449 e. The van der Waals surface area contributed by atoms with Crippen LogP contribution >= 0.6 is 0 Å². The molecule has 1 aliphatic heterocycles. The summed E-state index contributed by atoms with van der Waals surface area (Å²) in [4.78, 5) is 5.95. The van der Waals surface area contributed by atoms with Gasteiger partial charge in [0.2, 0.25) is 5.82 Å². The van der Waals surface area contributed by atoms with Gasteiger partial charge in [-0.2, -0.15) is 13.2 Å². The first kappa shape index (κ1) is 16.3. The molecule has 0 saturated heterocycles. The summed E-state index contributed by atoms with van der Waals surface area (Å²) in [7, 11) is 1.99. The maximum absolute atomic E-state index is 13.1. The van der Waals surface area contributed by atoms with E-state index < -0.39 is 12.0 Å². The second-order valence-corrected chi connectivity index (χ2v) is 5.83. The lowest BCUT2D eigenvalue weighted by Gasteiger charge is -2.22. The zero-order valence-electron chi connectivity index (χ0n) is 12.8. The summed E-state index contributed by atoms with van der Waals surface area (Å²) in [5.41, 5.74) is 1.29. The summed E-state index contributed by atoms with van der Waals surface area (Å²) in [6.07, 6.45) is -3.09. The van der Waals surface area contributed by atoms with Gasteiger partial charge in [-0.15, -0.1) is 0 Å². The Kier molecular flexibility index (Phi) is 4.93. The van der Waals surface area contributed by atoms with Crippen molar-refractivity contribution in [1.29, 1.82) is 0 Å². The highest BCUT2D eigenvalue weighted by Gasteiger charge is 2.39. The molecule has 0 fully saturated rings. The van der Waals surface area contributed by atoms with Crippen LogP contribution in [0.2, 0.25) is 0 Å². The van der Waals surface area contributed by atoms with Crippen molar-refractivity contribution >= 4 is 0 Å². The van der Waals surface area contributed by atoms with Crippen LogP contribution in [0, 0.1) is 0 Å². The number of halogens is 3. The van der Waals surface area contributed by atoms with Crippen molar-refractivity contribution in [2.75, 3.05) is 20.1 Å². The average Bonchev–Trinajstić information content (AvgIpc) is 2.77. The molecule has 0 bridgehead atoms. The molecule has 1 aromatic rings. The molecule has 4 nitrogen and oxygen atoms in total. The minimum Gasteiger partial charge on any atom is -0.324 e. The molecule has 0 saturated carbocycles. The Morgan fingerprint density at radius 2 is 2.10 bits per heavy atom. The van der Waals surface area contributed by atoms with E-state index in [-0.39, 0.29) is 0 Å². The third-order valence-corrected chi connectivity index (χ3v) is 4.01. The van der Waals surface area contributed by atoms with Gasteiger partial charge >= 0.3 is 6.18 Å². The molecule has 0 aromatic carbocycles. The van der Waals surface area contributed by atoms with E-state index in [1.807, 2.05) is 7.05 Å². The predicted molar refractivity (Wildman–Crippen MR) is 75.0 cm³/mol. The van der Waals surface area contributed by atoms with Crippen LogP contribution in [0.25, 0.3) is 0 Å². The molecule has 1 aliphatic rings. The minimum atomic E-state index is -4.39. The molecule has 0 aliphatic carbocycles. The minimum absolute atomic E-state index is 0.369. The molecule has 2 heterocycles. The number of nitrogens with one attached hydrogen (secondary N) is 1. The van der Waals surface area contributed by atoms with Crippen LogP contribution in [0.5, 0.6) is 0 Å². The van der Waals surface area contributed by atoms with E-state index in [9.17, 15) is 13.2 Å². The maximum Gasteiger partial charge on any atom is 0.449 e. The van der Waals surface area contributed by atoms with Gasteiger partial charge in [0.05, 0.1) is 5.69 Å². The highest BCUT2D eigenvalue weighted by molar-refractivity contribution is 5.21. The Labute approximate surface area is 123 Å². The van der Waals surface area contributed by atoms with E-state index >= 15 is 0 Å². The van der Waals surface area contributed by atoms with Gasteiger partial charge in [-0.25, -0.2) is 4.98 Å². The number of hydrogen-bond acceptors (Lipinski definition) is 3. The maximum atomic E-state index is 13.1. The van der Waals surface area contributed by atoms with Crippen LogP contribution in [0.3, 0.4) is 0 Å². The number of rotatable bonds is 5. The van der Waals surface area contributed by atoms with Crippen LogP contribution < -0.4 is 5.32 Å². The number of alkyl halides is 3. The first-order chi connectivity index (χ1) is 9.80. The van der Waals surface area contributed by atoms with Gasteiger partial charge in [-0.3, -0.25) is 0 Å². The molecule has 0 atom stereocenters. The van der Waals surface area contributed by atoms with Crippen LogP contribution in [0.1, 0.15) is 37.5 Å². The molecular weight excluding hydrogens is 281 g/mol. The summed E-state index contributed by atoms with van der Waals surface area (Å²) >= 11 is 0. The van der Waals surface area contributed by atoms with E-state index in [4.69, 9.17) is 0 Å². The number of nitrogens with zero attached hydrogens (tertiary/aromatic N) is 3. The number of aromatic nitrogens is 2. The lowest BCUT2D eigenvalue weighted by molar-refractivity contribution is -0.147. The molecule has 0 unspecified atom stereocenters. The van der Waals surface area contributed by atoms with E-state index in [1.165, 1.54) is 4.57 Å². The van der Waals surface area contributed by atoms with Crippen LogP contribution in [-0.4, -0.2) is 40.6 Å². The molecule has 2 rings (SSSR count). The van der Waals surface area contributed by atoms with E-state index in [2.05, 4.69) is 29.0 Å². The van der Waals surface area contributed by atoms with Crippen molar-refractivity contribution in [1.82, 2.24) is 19.8 Å². The molecule has 1 aromatic heterocycles. The SMILES string of the molecule is CC(C)N(C)CCCn1c(C(F)(F)F)nc2c1CCNC2. The zero-order valence-corrected chi connectivity index (χ0v) is 12.8. The van der Waals surface area contributed by atoms with Crippen molar-refractivity contribution in [3.8, 4) is 0 Å². The highest BCUT2D eigenvalue weighted by Crippen LogP contribution is 2.31. The standard InChI is InChI=1S/C14H23F3N4/c1-10(2)20(3)7-4-8-21-12-5-6-18-9-11(12)19-13(21)14(15,16)17/h10,18H,4-9H2,1-3H3. The summed E-state index contributed by atoms with van der Waals surface area (Å²) in [6.45, 7) is 6.44. The number of imidazole rings is 1. The molecule has 0 amide bonds. The highest BCUT2D eigenvalue weighted by atomic mass is 19.4. The second kappa shape index (κ2) is 6.36. The summed E-state index contributed by atoms with van der Waals surface area (Å²) in [6, 6.07) is 0.396. The van der Waals surface area contributed by atoms with Gasteiger partial charge in [0, 0.05) is 37.8 Å². The van der Waals surface area contributed by atoms with E-state index in [0.717, 1.165) is 12.2 Å². The van der Waals surface area contributed by atoms with Crippen molar-refractivity contribution in [2.24, 2.45) is 0 Å². The van der Waals surface area contributed by atoms with E-state index in [1.54, 1.807) is 0 Å². The van der Waals surface area contributed by atoms with Gasteiger partial charge in [0.1, 0.15) is 0 Å². The number of fused-ring (bicyclic) bond motifs is 1. The fourth-order valence-corrected chi connectivity index (χ4v) is 2.56. The summed E-state index contributed by atoms with van der Waals surface area (Å²) in [5.74, 6) is -0.747. The van der Waals surface area contributed by atoms with Gasteiger partial charge in [0.25, 0.3) is 0 Å². The zero-order chi connectivity index (χ0) is 15.6. The molecule has 0 spiro atoms. The topological polar surface area (TPSA) is 33.1 Å². The third kappa shape index (κ3) is 3.77. The summed E-state index contributed by atoms with van der Waals surface area (Å²) in [5, 5.41) is 3.07. The van der Waals surface area contributed by atoms with Crippen LogP contribution in [-0.2, 0) is 25.7 Å². The van der Waals surface area contributed by atoms with Crippen molar-refractivity contribution in [3.05, 3.63) is 17.2 Å². The van der Waals surface area contributed by atoms with Crippen molar-refractivity contribution < 1.29 is 13.2 Å². The first-order valence-electron chi connectivity index (χ1n) is 7.37. The van der Waals surface area contributed by atoms with Gasteiger partial charge in [-0.05, 0) is 33.9 Å². The second-order valence-electron chi connectivity index (χ2n) is 5.83. The molecular formula is C14H23F3N4. The first-order valence-corrected chi connectivity index (χ1v) is 7.37. The Hall–Kier alpha value is -1.08. The van der Waals surface area contributed by atoms with Gasteiger partial charge in [-0.1, -0.05) is 0 Å². The van der Waals surface area contributed by atoms with E-state index in [0.29, 0.717) is 44.2 Å². The van der Waals surface area contributed by atoms with Gasteiger partial charge < -0.3 is 14.8 Å². The molecule has 7 heteroatoms. The van der Waals surface area contributed by atoms with Crippen LogP contribution in [0.15, 0.2) is 0 Å². The van der Waals surface area contributed by atoms with Crippen LogP contribution in [0.4, 0.5) is 13.2 Å². The molecule has 21 heavy (non-hydrogen) atoms. The summed E-state index contributed by atoms with van der Waals surface area (Å²) < 4.78 is 40.8. The van der Waals surface area contributed by atoms with Crippen molar-refractivity contribution in [3.63, 3.8) is 0 Å². The smallest absolute Gasteiger partial charge is 0.324 e. The molecule has 1 N–H and O–H groups in total. The molecule has 0 radical (unpaired) electrons. The Bertz CT molecular complexity index is 479. The molecule has 120 valence electrons. The number of hydrogen-bond donors (Lipinski definition) is 1.